The molecule has 3 aromatic rings. The number of nitrogens with one attached hydrogen (secondary N) is 1. The first-order valence-electron chi connectivity index (χ1n) is 11.6. The van der Waals surface area contributed by atoms with Crippen LogP contribution < -0.4 is 15.8 Å². The number of amides is 1. The highest BCUT2D eigenvalue weighted by molar-refractivity contribution is 7.17. The van der Waals surface area contributed by atoms with Gasteiger partial charge in [-0.3, -0.25) is 4.79 Å². The number of aromatic nitrogens is 1. The van der Waals surface area contributed by atoms with Gasteiger partial charge in [-0.15, -0.1) is 11.3 Å². The molecule has 35 heavy (non-hydrogen) atoms. The smallest absolute Gasteiger partial charge is 0.494 e. The van der Waals surface area contributed by atoms with Crippen LogP contribution in [-0.2, 0) is 40.1 Å². The molecule has 0 saturated carbocycles. The Labute approximate surface area is 212 Å². The first-order valence-corrected chi connectivity index (χ1v) is 13.3. The molecule has 2 heterocycles. The van der Waals surface area contributed by atoms with Gasteiger partial charge >= 0.3 is 6.16 Å². The number of carbonyl (C=O) groups is 2. The van der Waals surface area contributed by atoms with E-state index in [1.807, 2.05) is 36.6 Å². The SMILES string of the molecule is CCOc1ccccc1CCC(=O)Nc1sc2c(c1N)CCC(COC(=O)OCc1ccsn1)C2. The molecule has 0 saturated heterocycles. The fourth-order valence-electron chi connectivity index (χ4n) is 4.03. The Hall–Kier alpha value is -3.11. The summed E-state index contributed by atoms with van der Waals surface area (Å²) in [5.41, 5.74) is 9.82. The van der Waals surface area contributed by atoms with Crippen molar-refractivity contribution in [1.82, 2.24) is 4.37 Å². The molecule has 1 aromatic carbocycles. The van der Waals surface area contributed by atoms with Crippen molar-refractivity contribution in [3.8, 4) is 5.75 Å². The fourth-order valence-corrected chi connectivity index (χ4v) is 5.86. The number of nitrogen functional groups attached to an aromatic ring is 1. The van der Waals surface area contributed by atoms with E-state index in [4.69, 9.17) is 19.9 Å². The Bertz CT molecular complexity index is 1150. The molecule has 2 aromatic heterocycles. The molecule has 1 amide bonds. The summed E-state index contributed by atoms with van der Waals surface area (Å²) in [5.74, 6) is 0.921. The molecule has 1 unspecified atom stereocenters. The second-order valence-electron chi connectivity index (χ2n) is 8.28. The van der Waals surface area contributed by atoms with Crippen LogP contribution in [0.15, 0.2) is 35.7 Å². The number of carbonyl (C=O) groups excluding carboxylic acids is 2. The number of para-hydroxylation sites is 1. The van der Waals surface area contributed by atoms with Gasteiger partial charge in [0.2, 0.25) is 5.91 Å². The summed E-state index contributed by atoms with van der Waals surface area (Å²) in [6.07, 6.45) is 2.64. The summed E-state index contributed by atoms with van der Waals surface area (Å²) in [4.78, 5) is 25.7. The van der Waals surface area contributed by atoms with Gasteiger partial charge in [0.15, 0.2) is 0 Å². The minimum atomic E-state index is -0.687. The summed E-state index contributed by atoms with van der Waals surface area (Å²) in [6, 6.07) is 9.57. The summed E-state index contributed by atoms with van der Waals surface area (Å²) in [7, 11) is 0. The quantitative estimate of drug-likeness (QED) is 0.356. The Morgan fingerprint density at radius 3 is 2.89 bits per heavy atom. The van der Waals surface area contributed by atoms with Crippen molar-refractivity contribution in [3.05, 3.63) is 57.4 Å². The summed E-state index contributed by atoms with van der Waals surface area (Å²) < 4.78 is 20.1. The molecule has 186 valence electrons. The lowest BCUT2D eigenvalue weighted by molar-refractivity contribution is -0.116. The van der Waals surface area contributed by atoms with Crippen molar-refractivity contribution in [2.75, 3.05) is 24.3 Å². The number of fused-ring (bicyclic) bond motifs is 1. The first kappa shape index (κ1) is 25.0. The maximum atomic E-state index is 12.6. The van der Waals surface area contributed by atoms with Crippen LogP contribution in [0.1, 0.15) is 41.5 Å². The largest absolute Gasteiger partial charge is 0.508 e. The van der Waals surface area contributed by atoms with Gasteiger partial charge in [-0.25, -0.2) is 4.79 Å². The summed E-state index contributed by atoms with van der Waals surface area (Å²) >= 11 is 2.82. The standard InChI is InChI=1S/C25H29N3O5S2/c1-2-31-20-6-4-3-5-17(20)8-10-22(29)27-24-23(26)19-9-7-16(13-21(19)35-24)14-32-25(30)33-15-18-11-12-34-28-18/h3-6,11-12,16H,2,7-10,13-15,26H2,1H3,(H,27,29). The van der Waals surface area contributed by atoms with E-state index in [1.54, 1.807) is 6.07 Å². The van der Waals surface area contributed by atoms with Crippen LogP contribution >= 0.6 is 22.9 Å². The van der Waals surface area contributed by atoms with E-state index in [2.05, 4.69) is 9.69 Å². The van der Waals surface area contributed by atoms with Gasteiger partial charge in [-0.05, 0) is 73.3 Å². The van der Waals surface area contributed by atoms with Crippen LogP contribution in [0.5, 0.6) is 5.75 Å². The van der Waals surface area contributed by atoms with E-state index in [0.717, 1.165) is 41.0 Å². The minimum absolute atomic E-state index is 0.0793. The van der Waals surface area contributed by atoms with E-state index in [-0.39, 0.29) is 25.0 Å². The Morgan fingerprint density at radius 2 is 2.09 bits per heavy atom. The summed E-state index contributed by atoms with van der Waals surface area (Å²) in [6.45, 7) is 2.92. The molecule has 10 heteroatoms. The van der Waals surface area contributed by atoms with Gasteiger partial charge in [0.05, 0.1) is 24.6 Å². The molecular weight excluding hydrogens is 486 g/mol. The lowest BCUT2D eigenvalue weighted by atomic mass is 9.89. The van der Waals surface area contributed by atoms with Crippen LogP contribution in [0.4, 0.5) is 15.5 Å². The molecule has 4 rings (SSSR count). The Balaban J connectivity index is 1.26. The van der Waals surface area contributed by atoms with Crippen LogP contribution in [-0.4, -0.2) is 29.6 Å². The average molecular weight is 516 g/mol. The predicted octanol–water partition coefficient (Wildman–Crippen LogP) is 5.22. The van der Waals surface area contributed by atoms with Crippen molar-refractivity contribution in [2.45, 2.75) is 45.6 Å². The molecule has 1 aliphatic rings. The molecule has 1 aliphatic carbocycles. The van der Waals surface area contributed by atoms with Gasteiger partial charge in [0.25, 0.3) is 0 Å². The zero-order chi connectivity index (χ0) is 24.6. The van der Waals surface area contributed by atoms with Crippen molar-refractivity contribution < 1.29 is 23.8 Å². The van der Waals surface area contributed by atoms with Crippen molar-refractivity contribution in [2.24, 2.45) is 5.92 Å². The zero-order valence-corrected chi connectivity index (χ0v) is 21.2. The monoisotopic (exact) mass is 515 g/mol. The fraction of sp³-hybridized carbons (Fsp3) is 0.400. The predicted molar refractivity (Wildman–Crippen MR) is 137 cm³/mol. The second-order valence-corrected chi connectivity index (χ2v) is 10.1. The second kappa shape index (κ2) is 12.0. The van der Waals surface area contributed by atoms with E-state index in [0.29, 0.717) is 35.8 Å². The van der Waals surface area contributed by atoms with Crippen molar-refractivity contribution in [1.29, 1.82) is 0 Å². The molecule has 8 nitrogen and oxygen atoms in total. The molecule has 3 N–H and O–H groups in total. The molecule has 0 radical (unpaired) electrons. The third-order valence-electron chi connectivity index (χ3n) is 5.82. The number of ether oxygens (including phenoxy) is 3. The number of rotatable bonds is 10. The van der Waals surface area contributed by atoms with Crippen LogP contribution in [0.2, 0.25) is 0 Å². The molecule has 0 spiro atoms. The highest BCUT2D eigenvalue weighted by Gasteiger charge is 2.26. The third-order valence-corrected chi connectivity index (χ3v) is 7.60. The summed E-state index contributed by atoms with van der Waals surface area (Å²) in [5, 5.41) is 5.51. The van der Waals surface area contributed by atoms with Gasteiger partial charge in [-0.2, -0.15) is 4.37 Å². The third kappa shape index (κ3) is 6.73. The topological polar surface area (TPSA) is 113 Å². The van der Waals surface area contributed by atoms with Gasteiger partial charge in [0.1, 0.15) is 17.4 Å². The van der Waals surface area contributed by atoms with E-state index in [1.165, 1.54) is 22.9 Å². The molecule has 0 aliphatic heterocycles. The number of benzene rings is 1. The van der Waals surface area contributed by atoms with E-state index < -0.39 is 6.16 Å². The van der Waals surface area contributed by atoms with E-state index in [9.17, 15) is 9.59 Å². The number of anilines is 2. The number of nitrogens with zero attached hydrogens (tertiary/aromatic N) is 1. The molecule has 0 bridgehead atoms. The number of hydrogen-bond donors (Lipinski definition) is 2. The van der Waals surface area contributed by atoms with Crippen molar-refractivity contribution >= 4 is 45.6 Å². The van der Waals surface area contributed by atoms with Gasteiger partial charge in [-0.1, -0.05) is 18.2 Å². The number of thiophene rings is 1. The zero-order valence-electron chi connectivity index (χ0n) is 19.6. The first-order chi connectivity index (χ1) is 17.0. The molecular formula is C25H29N3O5S2. The Kier molecular flexibility index (Phi) is 8.59. The lowest BCUT2D eigenvalue weighted by Gasteiger charge is -2.21. The van der Waals surface area contributed by atoms with E-state index >= 15 is 0 Å². The average Bonchev–Trinajstić information content (AvgIpc) is 3.49. The minimum Gasteiger partial charge on any atom is -0.494 e. The number of nitrogens with two attached hydrogens (primary N) is 1. The van der Waals surface area contributed by atoms with Crippen LogP contribution in [0, 0.1) is 5.92 Å². The Morgan fingerprint density at radius 1 is 1.23 bits per heavy atom. The highest BCUT2D eigenvalue weighted by Crippen LogP contribution is 2.41. The normalized spacial score (nSPS) is 14.7. The number of aryl methyl sites for hydroxylation is 1. The maximum absolute atomic E-state index is 12.6. The van der Waals surface area contributed by atoms with Crippen LogP contribution in [0.3, 0.4) is 0 Å². The van der Waals surface area contributed by atoms with Crippen molar-refractivity contribution in [3.63, 3.8) is 0 Å². The molecule has 0 fully saturated rings. The molecule has 1 atom stereocenters. The number of hydrogen-bond acceptors (Lipinski definition) is 9. The lowest BCUT2D eigenvalue weighted by Crippen LogP contribution is -2.21. The van der Waals surface area contributed by atoms with Gasteiger partial charge < -0.3 is 25.3 Å². The van der Waals surface area contributed by atoms with Crippen LogP contribution in [0.25, 0.3) is 0 Å². The van der Waals surface area contributed by atoms with Gasteiger partial charge in [0, 0.05) is 16.7 Å². The highest BCUT2D eigenvalue weighted by atomic mass is 32.1. The maximum Gasteiger partial charge on any atom is 0.508 e.